The normalized spacial score (nSPS) is 11.6. The van der Waals surface area contributed by atoms with E-state index in [0.29, 0.717) is 5.02 Å². The number of Topliss-reactive ketones (excluding diaryl/α,β-unsaturated/α-hetero) is 1. The smallest absolute Gasteiger partial charge is 0.341 e. The number of carbonyl (C=O) groups is 3. The second kappa shape index (κ2) is 7.60. The minimum Gasteiger partial charge on any atom is -0.472 e. The largest absolute Gasteiger partial charge is 0.472 e. The van der Waals surface area contributed by atoms with Crippen molar-refractivity contribution in [2.45, 2.75) is 19.4 Å². The summed E-state index contributed by atoms with van der Waals surface area (Å²) in [6, 6.07) is 6.11. The van der Waals surface area contributed by atoms with Gasteiger partial charge in [-0.1, -0.05) is 18.5 Å². The van der Waals surface area contributed by atoms with Gasteiger partial charge in [-0.25, -0.2) is 4.79 Å². The third-order valence-corrected chi connectivity index (χ3v) is 3.25. The summed E-state index contributed by atoms with van der Waals surface area (Å²) in [5.74, 6) is -1.69. The Balaban J connectivity index is 2.11. The predicted octanol–water partition coefficient (Wildman–Crippen LogP) is 2.62. The molecule has 1 atom stereocenters. The maximum atomic E-state index is 12.2. The number of hydrogen-bond acceptors (Lipinski definition) is 5. The van der Waals surface area contributed by atoms with E-state index in [9.17, 15) is 14.4 Å². The summed E-state index contributed by atoms with van der Waals surface area (Å²) >= 11 is 5.75. The Morgan fingerprint density at radius 1 is 1.22 bits per heavy atom. The van der Waals surface area contributed by atoms with Crippen LogP contribution in [0.2, 0.25) is 5.02 Å². The topological polar surface area (TPSA) is 85.6 Å². The van der Waals surface area contributed by atoms with Gasteiger partial charge >= 0.3 is 5.97 Å². The van der Waals surface area contributed by atoms with Gasteiger partial charge in [-0.15, -0.1) is 0 Å². The molecular formula is C16H14ClNO5. The third-order valence-electron chi connectivity index (χ3n) is 3.00. The molecule has 23 heavy (non-hydrogen) atoms. The number of ether oxygens (including phenoxy) is 1. The number of carbonyl (C=O) groups excluding carboxylic acids is 3. The zero-order valence-corrected chi connectivity index (χ0v) is 13.0. The van der Waals surface area contributed by atoms with Crippen molar-refractivity contribution in [2.24, 2.45) is 0 Å². The minimum absolute atomic E-state index is 0.0754. The second-order valence-electron chi connectivity index (χ2n) is 4.61. The number of amides is 1. The zero-order chi connectivity index (χ0) is 16.8. The van der Waals surface area contributed by atoms with Crippen molar-refractivity contribution in [3.05, 3.63) is 53.4 Å². The van der Waals surface area contributed by atoms with Crippen LogP contribution in [0.25, 0.3) is 0 Å². The van der Waals surface area contributed by atoms with E-state index in [0.717, 1.165) is 0 Å². The fourth-order valence-electron chi connectivity index (χ4n) is 1.76. The highest BCUT2D eigenvalue weighted by Crippen LogP contribution is 2.16. The molecule has 1 N–H and O–H groups in total. The maximum absolute atomic E-state index is 12.2. The molecule has 7 heteroatoms. The van der Waals surface area contributed by atoms with Gasteiger partial charge in [-0.05, 0) is 30.3 Å². The number of halogens is 1. The molecule has 2 rings (SSSR count). The van der Waals surface area contributed by atoms with Crippen LogP contribution in [0.4, 0.5) is 0 Å². The van der Waals surface area contributed by atoms with Crippen molar-refractivity contribution in [1.29, 1.82) is 0 Å². The van der Waals surface area contributed by atoms with E-state index >= 15 is 0 Å². The Kier molecular flexibility index (Phi) is 5.54. The number of esters is 1. The minimum atomic E-state index is -1.39. The van der Waals surface area contributed by atoms with Gasteiger partial charge in [0.1, 0.15) is 12.0 Å². The molecule has 6 nitrogen and oxygen atoms in total. The highest BCUT2D eigenvalue weighted by Gasteiger charge is 2.29. The summed E-state index contributed by atoms with van der Waals surface area (Å²) in [6.07, 6.45) is 2.61. The van der Waals surface area contributed by atoms with E-state index < -0.39 is 23.7 Å². The summed E-state index contributed by atoms with van der Waals surface area (Å²) < 4.78 is 9.91. The summed E-state index contributed by atoms with van der Waals surface area (Å²) in [4.78, 5) is 36.1. The third kappa shape index (κ3) is 4.43. The van der Waals surface area contributed by atoms with Gasteiger partial charge in [-0.3, -0.25) is 9.59 Å². The number of furan rings is 1. The van der Waals surface area contributed by atoms with Crippen molar-refractivity contribution < 1.29 is 23.5 Å². The highest BCUT2D eigenvalue weighted by atomic mass is 35.5. The molecule has 0 aliphatic heterocycles. The lowest BCUT2D eigenvalue weighted by Gasteiger charge is -2.15. The monoisotopic (exact) mass is 335 g/mol. The number of hydrogen-bond donors (Lipinski definition) is 1. The van der Waals surface area contributed by atoms with Gasteiger partial charge in [0.05, 0.1) is 11.8 Å². The van der Waals surface area contributed by atoms with E-state index in [1.807, 2.05) is 0 Å². The molecule has 1 aromatic heterocycles. The summed E-state index contributed by atoms with van der Waals surface area (Å²) in [5, 5.41) is 2.84. The fourth-order valence-corrected chi connectivity index (χ4v) is 1.89. The molecule has 0 spiro atoms. The van der Waals surface area contributed by atoms with Crippen LogP contribution in [0.15, 0.2) is 47.3 Å². The average molecular weight is 336 g/mol. The molecule has 0 aliphatic carbocycles. The van der Waals surface area contributed by atoms with Crippen molar-refractivity contribution in [3.8, 4) is 5.75 Å². The molecule has 1 heterocycles. The van der Waals surface area contributed by atoms with Crippen molar-refractivity contribution in [3.63, 3.8) is 0 Å². The Morgan fingerprint density at radius 3 is 2.48 bits per heavy atom. The fraction of sp³-hybridized carbons (Fsp3) is 0.188. The lowest BCUT2D eigenvalue weighted by Crippen LogP contribution is -2.48. The van der Waals surface area contributed by atoms with E-state index in [2.05, 4.69) is 5.32 Å². The van der Waals surface area contributed by atoms with Gasteiger partial charge in [0.2, 0.25) is 0 Å². The van der Waals surface area contributed by atoms with Crippen LogP contribution in [0.1, 0.15) is 23.7 Å². The molecule has 2 aromatic rings. The average Bonchev–Trinajstić information content (AvgIpc) is 3.08. The molecule has 0 bridgehead atoms. The van der Waals surface area contributed by atoms with Crippen molar-refractivity contribution >= 4 is 29.3 Å². The number of nitrogens with one attached hydrogen (secondary N) is 1. The molecule has 1 aromatic carbocycles. The van der Waals surface area contributed by atoms with Gasteiger partial charge in [0, 0.05) is 11.4 Å². The van der Waals surface area contributed by atoms with E-state index in [-0.39, 0.29) is 17.7 Å². The number of rotatable bonds is 6. The number of ketones is 1. The van der Waals surface area contributed by atoms with E-state index in [1.165, 1.54) is 30.7 Å². The van der Waals surface area contributed by atoms with Crippen molar-refractivity contribution in [1.82, 2.24) is 5.32 Å². The molecule has 0 saturated heterocycles. The van der Waals surface area contributed by atoms with Gasteiger partial charge in [-0.2, -0.15) is 0 Å². The Hall–Kier alpha value is -2.60. The predicted molar refractivity (Wildman–Crippen MR) is 82.3 cm³/mol. The van der Waals surface area contributed by atoms with Gasteiger partial charge in [0.25, 0.3) is 5.91 Å². The molecule has 0 saturated carbocycles. The highest BCUT2D eigenvalue weighted by molar-refractivity contribution is 6.30. The van der Waals surface area contributed by atoms with Gasteiger partial charge < -0.3 is 14.5 Å². The zero-order valence-electron chi connectivity index (χ0n) is 12.2. The molecule has 0 radical (unpaired) electrons. The maximum Gasteiger partial charge on any atom is 0.341 e. The molecule has 120 valence electrons. The molecular weight excluding hydrogens is 322 g/mol. The Bertz CT molecular complexity index is 694. The summed E-state index contributed by atoms with van der Waals surface area (Å²) in [6.45, 7) is 1.59. The molecule has 0 fully saturated rings. The van der Waals surface area contributed by atoms with Gasteiger partial charge in [0.15, 0.2) is 11.8 Å². The first-order valence-corrected chi connectivity index (χ1v) is 7.22. The van der Waals surface area contributed by atoms with Crippen LogP contribution in [-0.2, 0) is 9.59 Å². The first kappa shape index (κ1) is 16.8. The summed E-state index contributed by atoms with van der Waals surface area (Å²) in [7, 11) is 0. The molecule has 0 aliphatic rings. The van der Waals surface area contributed by atoms with Crippen LogP contribution in [0.3, 0.4) is 0 Å². The van der Waals surface area contributed by atoms with Crippen LogP contribution in [-0.4, -0.2) is 23.7 Å². The first-order chi connectivity index (χ1) is 11.0. The quantitative estimate of drug-likeness (QED) is 0.498. The van der Waals surface area contributed by atoms with Crippen molar-refractivity contribution in [2.75, 3.05) is 0 Å². The van der Waals surface area contributed by atoms with E-state index in [4.69, 9.17) is 20.8 Å². The standard InChI is InChI=1S/C16H14ClNO5/c1-2-13(19)14(18-15(20)10-7-8-22-9-10)16(21)23-12-5-3-11(17)4-6-12/h3-9,14H,2H2,1H3,(H,18,20). The Morgan fingerprint density at radius 2 is 1.91 bits per heavy atom. The lowest BCUT2D eigenvalue weighted by atomic mass is 10.1. The first-order valence-electron chi connectivity index (χ1n) is 6.84. The Labute approximate surface area is 137 Å². The van der Waals surface area contributed by atoms with Crippen LogP contribution in [0.5, 0.6) is 5.75 Å². The SMILES string of the molecule is CCC(=O)C(NC(=O)c1ccoc1)C(=O)Oc1ccc(Cl)cc1. The molecule has 1 amide bonds. The molecule has 1 unspecified atom stereocenters. The van der Waals surface area contributed by atoms with Crippen LogP contribution >= 0.6 is 11.6 Å². The van der Waals surface area contributed by atoms with E-state index in [1.54, 1.807) is 19.1 Å². The number of benzene rings is 1. The summed E-state index contributed by atoms with van der Waals surface area (Å²) in [5.41, 5.74) is 0.207. The lowest BCUT2D eigenvalue weighted by molar-refractivity contribution is -0.140. The van der Waals surface area contributed by atoms with Crippen LogP contribution < -0.4 is 10.1 Å². The van der Waals surface area contributed by atoms with Crippen LogP contribution in [0, 0.1) is 0 Å². The second-order valence-corrected chi connectivity index (χ2v) is 5.05.